The number of rotatable bonds is 9. The van der Waals surface area contributed by atoms with Crippen molar-refractivity contribution in [2.45, 2.75) is 12.8 Å². The number of benzene rings is 1. The molecule has 0 aliphatic heterocycles. The molecule has 1 heterocycles. The number of furan rings is 1. The van der Waals surface area contributed by atoms with Crippen LogP contribution in [0.25, 0.3) is 0 Å². The van der Waals surface area contributed by atoms with Gasteiger partial charge in [0.05, 0.1) is 11.6 Å². The average Bonchev–Trinajstić information content (AvgIpc) is 3.03. The van der Waals surface area contributed by atoms with Gasteiger partial charge in [-0.05, 0) is 46.6 Å². The number of nitrogens with one attached hydrogen (secondary N) is 2. The Balaban J connectivity index is 1.54. The summed E-state index contributed by atoms with van der Waals surface area (Å²) in [6.07, 6.45) is 0.910. The standard InChI is InChI=1S/C17H18BrClN2O4/c18-15-8-7-14(25-15)17(23)21-10-9-20-16(22)6-3-11-24-13-5-2-1-4-12(13)19/h1-2,4-5,7-8H,3,6,9-11H2,(H,20,22)(H,21,23). The Morgan fingerprint density at radius 3 is 2.60 bits per heavy atom. The van der Waals surface area contributed by atoms with Crippen LogP contribution in [0.4, 0.5) is 0 Å². The molecule has 0 radical (unpaired) electrons. The van der Waals surface area contributed by atoms with Crippen LogP contribution in [-0.4, -0.2) is 31.5 Å². The summed E-state index contributed by atoms with van der Waals surface area (Å²) in [7, 11) is 0. The van der Waals surface area contributed by atoms with E-state index in [-0.39, 0.29) is 17.6 Å². The summed E-state index contributed by atoms with van der Waals surface area (Å²) in [5, 5.41) is 5.93. The summed E-state index contributed by atoms with van der Waals surface area (Å²) in [5.74, 6) is 0.401. The Labute approximate surface area is 159 Å². The maximum Gasteiger partial charge on any atom is 0.287 e. The zero-order valence-corrected chi connectivity index (χ0v) is 15.7. The van der Waals surface area contributed by atoms with Crippen LogP contribution in [0.15, 0.2) is 45.5 Å². The van der Waals surface area contributed by atoms with Gasteiger partial charge >= 0.3 is 0 Å². The second kappa shape index (κ2) is 10.1. The quantitative estimate of drug-likeness (QED) is 0.599. The van der Waals surface area contributed by atoms with Crippen LogP contribution in [-0.2, 0) is 4.79 Å². The lowest BCUT2D eigenvalue weighted by Gasteiger charge is -2.08. The van der Waals surface area contributed by atoms with Gasteiger partial charge in [-0.1, -0.05) is 23.7 Å². The van der Waals surface area contributed by atoms with Crippen molar-refractivity contribution in [1.82, 2.24) is 10.6 Å². The second-order valence-corrected chi connectivity index (χ2v) is 6.28. The van der Waals surface area contributed by atoms with Gasteiger partial charge in [-0.15, -0.1) is 0 Å². The number of ether oxygens (including phenoxy) is 1. The number of carbonyl (C=O) groups is 2. The van der Waals surface area contributed by atoms with E-state index in [0.29, 0.717) is 48.0 Å². The lowest BCUT2D eigenvalue weighted by molar-refractivity contribution is -0.121. The summed E-state index contributed by atoms with van der Waals surface area (Å²) < 4.78 is 11.1. The molecule has 25 heavy (non-hydrogen) atoms. The molecule has 2 aromatic rings. The van der Waals surface area contributed by atoms with Crippen LogP contribution in [0, 0.1) is 0 Å². The molecule has 0 aliphatic carbocycles. The predicted molar refractivity (Wildman–Crippen MR) is 97.9 cm³/mol. The highest BCUT2D eigenvalue weighted by atomic mass is 79.9. The number of hydrogen-bond donors (Lipinski definition) is 2. The number of carbonyl (C=O) groups excluding carboxylic acids is 2. The van der Waals surface area contributed by atoms with Crippen molar-refractivity contribution < 1.29 is 18.7 Å². The van der Waals surface area contributed by atoms with E-state index >= 15 is 0 Å². The fourth-order valence-corrected chi connectivity index (χ4v) is 2.46. The highest BCUT2D eigenvalue weighted by Gasteiger charge is 2.09. The average molecular weight is 430 g/mol. The van der Waals surface area contributed by atoms with Crippen molar-refractivity contribution in [3.05, 3.63) is 51.9 Å². The SMILES string of the molecule is O=C(CCCOc1ccccc1Cl)NCCNC(=O)c1ccc(Br)o1. The zero-order valence-electron chi connectivity index (χ0n) is 13.4. The van der Waals surface area contributed by atoms with Gasteiger partial charge < -0.3 is 19.8 Å². The van der Waals surface area contributed by atoms with Crippen LogP contribution in [0.5, 0.6) is 5.75 Å². The monoisotopic (exact) mass is 428 g/mol. The van der Waals surface area contributed by atoms with Crippen molar-refractivity contribution in [3.63, 3.8) is 0 Å². The fraction of sp³-hybridized carbons (Fsp3) is 0.294. The smallest absolute Gasteiger partial charge is 0.287 e. The summed E-state index contributed by atoms with van der Waals surface area (Å²) >= 11 is 9.10. The minimum Gasteiger partial charge on any atom is -0.492 e. The minimum absolute atomic E-state index is 0.0993. The number of para-hydroxylation sites is 1. The Morgan fingerprint density at radius 1 is 1.12 bits per heavy atom. The Bertz CT molecular complexity index is 720. The number of amides is 2. The van der Waals surface area contributed by atoms with Gasteiger partial charge in [-0.3, -0.25) is 9.59 Å². The third kappa shape index (κ3) is 6.80. The first-order chi connectivity index (χ1) is 12.1. The summed E-state index contributed by atoms with van der Waals surface area (Å²) in [6, 6.07) is 10.4. The predicted octanol–water partition coefficient (Wildman–Crippen LogP) is 3.40. The van der Waals surface area contributed by atoms with Crippen LogP contribution in [0.3, 0.4) is 0 Å². The molecule has 2 rings (SSSR count). The molecule has 2 N–H and O–H groups in total. The molecule has 1 aromatic heterocycles. The molecule has 6 nitrogen and oxygen atoms in total. The summed E-state index contributed by atoms with van der Waals surface area (Å²) in [6.45, 7) is 1.07. The molecule has 0 aliphatic rings. The van der Waals surface area contributed by atoms with Crippen LogP contribution >= 0.6 is 27.5 Å². The van der Waals surface area contributed by atoms with Gasteiger partial charge in [0.1, 0.15) is 5.75 Å². The van der Waals surface area contributed by atoms with E-state index in [1.54, 1.807) is 24.3 Å². The van der Waals surface area contributed by atoms with E-state index in [0.717, 1.165) is 0 Å². The van der Waals surface area contributed by atoms with E-state index in [1.807, 2.05) is 12.1 Å². The molecule has 2 amide bonds. The minimum atomic E-state index is -0.326. The molecule has 134 valence electrons. The van der Waals surface area contributed by atoms with E-state index < -0.39 is 0 Å². The van der Waals surface area contributed by atoms with Gasteiger partial charge in [-0.2, -0.15) is 0 Å². The molecule has 0 atom stereocenters. The maximum absolute atomic E-state index is 11.7. The van der Waals surface area contributed by atoms with Gasteiger partial charge in [-0.25, -0.2) is 0 Å². The third-order valence-corrected chi connectivity index (χ3v) is 3.91. The van der Waals surface area contributed by atoms with Gasteiger partial charge in [0.15, 0.2) is 10.4 Å². The molecular formula is C17H18BrClN2O4. The lowest BCUT2D eigenvalue weighted by Crippen LogP contribution is -2.34. The van der Waals surface area contributed by atoms with Gasteiger partial charge in [0.2, 0.25) is 5.91 Å². The molecule has 0 unspecified atom stereocenters. The lowest BCUT2D eigenvalue weighted by atomic mass is 10.3. The first-order valence-corrected chi connectivity index (χ1v) is 8.91. The van der Waals surface area contributed by atoms with E-state index in [4.69, 9.17) is 20.8 Å². The van der Waals surface area contributed by atoms with Crippen molar-refractivity contribution >= 4 is 39.3 Å². The molecule has 8 heteroatoms. The highest BCUT2D eigenvalue weighted by Crippen LogP contribution is 2.23. The topological polar surface area (TPSA) is 80.6 Å². The molecule has 1 aromatic carbocycles. The molecule has 0 saturated heterocycles. The summed E-state index contributed by atoms with van der Waals surface area (Å²) in [4.78, 5) is 23.4. The number of hydrogen-bond acceptors (Lipinski definition) is 4. The van der Waals surface area contributed by atoms with E-state index in [1.165, 1.54) is 0 Å². The Morgan fingerprint density at radius 2 is 1.88 bits per heavy atom. The van der Waals surface area contributed by atoms with Crippen molar-refractivity contribution in [2.75, 3.05) is 19.7 Å². The van der Waals surface area contributed by atoms with Crippen molar-refractivity contribution in [2.24, 2.45) is 0 Å². The van der Waals surface area contributed by atoms with Crippen LogP contribution < -0.4 is 15.4 Å². The first-order valence-electron chi connectivity index (χ1n) is 7.74. The largest absolute Gasteiger partial charge is 0.492 e. The normalized spacial score (nSPS) is 10.3. The van der Waals surface area contributed by atoms with E-state index in [9.17, 15) is 9.59 Å². The van der Waals surface area contributed by atoms with Crippen LogP contribution in [0.2, 0.25) is 5.02 Å². The second-order valence-electron chi connectivity index (χ2n) is 5.09. The Hall–Kier alpha value is -1.99. The van der Waals surface area contributed by atoms with Crippen molar-refractivity contribution in [3.8, 4) is 5.75 Å². The molecular weight excluding hydrogens is 412 g/mol. The fourth-order valence-electron chi connectivity index (χ4n) is 1.97. The van der Waals surface area contributed by atoms with Gasteiger partial charge in [0.25, 0.3) is 5.91 Å². The van der Waals surface area contributed by atoms with E-state index in [2.05, 4.69) is 26.6 Å². The maximum atomic E-state index is 11.7. The number of halogens is 2. The molecule has 0 saturated carbocycles. The zero-order chi connectivity index (χ0) is 18.1. The van der Waals surface area contributed by atoms with Crippen molar-refractivity contribution in [1.29, 1.82) is 0 Å². The first kappa shape index (κ1) is 19.3. The van der Waals surface area contributed by atoms with Gasteiger partial charge in [0, 0.05) is 19.5 Å². The summed E-state index contributed by atoms with van der Waals surface area (Å²) in [5.41, 5.74) is 0. The Kier molecular flexibility index (Phi) is 7.81. The molecule has 0 fully saturated rings. The molecule has 0 spiro atoms. The highest BCUT2D eigenvalue weighted by molar-refractivity contribution is 9.10. The molecule has 0 bridgehead atoms. The van der Waals surface area contributed by atoms with Crippen LogP contribution in [0.1, 0.15) is 23.4 Å². The third-order valence-electron chi connectivity index (χ3n) is 3.17.